The van der Waals surface area contributed by atoms with E-state index in [0.717, 1.165) is 23.9 Å². The molecule has 5 heteroatoms. The number of hydrogen-bond donors (Lipinski definition) is 1. The molecule has 1 aromatic heterocycles. The summed E-state index contributed by atoms with van der Waals surface area (Å²) in [5.74, 6) is 0.299. The summed E-state index contributed by atoms with van der Waals surface area (Å²) in [6.45, 7) is 0.123. The Labute approximate surface area is 120 Å². The molecule has 1 unspecified atom stereocenters. The zero-order valence-corrected chi connectivity index (χ0v) is 11.7. The van der Waals surface area contributed by atoms with Gasteiger partial charge in [-0.1, -0.05) is 0 Å². The van der Waals surface area contributed by atoms with Crippen LogP contribution in [0.1, 0.15) is 12.8 Å². The minimum atomic E-state index is -0.325. The summed E-state index contributed by atoms with van der Waals surface area (Å²) in [6.07, 6.45) is 2.07. The lowest BCUT2D eigenvalue weighted by Gasteiger charge is -2.32. The van der Waals surface area contributed by atoms with Crippen molar-refractivity contribution in [1.82, 2.24) is 5.32 Å². The minimum Gasteiger partial charge on any atom is -0.342 e. The number of benzene rings is 1. The van der Waals surface area contributed by atoms with Crippen molar-refractivity contribution in [2.24, 2.45) is 5.92 Å². The maximum atomic E-state index is 12.5. The van der Waals surface area contributed by atoms with E-state index in [-0.39, 0.29) is 24.4 Å². The normalized spacial score (nSPS) is 23.2. The Morgan fingerprint density at radius 3 is 2.85 bits per heavy atom. The predicted octanol–water partition coefficient (Wildman–Crippen LogP) is 2.14. The summed E-state index contributed by atoms with van der Waals surface area (Å²) in [4.78, 5) is 26.0. The van der Waals surface area contributed by atoms with E-state index in [9.17, 15) is 9.59 Å². The second-order valence-corrected chi connectivity index (χ2v) is 6.40. The van der Waals surface area contributed by atoms with Gasteiger partial charge in [0.25, 0.3) is 0 Å². The molecule has 20 heavy (non-hydrogen) atoms. The number of carbonyl (C=O) groups excluding carboxylic acids is 2. The van der Waals surface area contributed by atoms with Crippen LogP contribution >= 0.6 is 11.3 Å². The van der Waals surface area contributed by atoms with Crippen molar-refractivity contribution in [2.45, 2.75) is 18.9 Å². The second kappa shape index (κ2) is 4.31. The molecule has 0 bridgehead atoms. The number of amides is 2. The molecule has 1 N–H and O–H groups in total. The molecule has 2 heterocycles. The fourth-order valence-corrected chi connectivity index (χ4v) is 3.53. The zero-order valence-electron chi connectivity index (χ0n) is 10.8. The standard InChI is InChI=1S/C15H14N2O2S/c18-13-8-17(15(19)14(16-13)9-1-2-9)11-3-4-12-10(7-11)5-6-20-12/h3-7,9,14H,1-2,8H2,(H,16,18). The number of thiophene rings is 1. The topological polar surface area (TPSA) is 49.4 Å². The van der Waals surface area contributed by atoms with Crippen LogP contribution in [0.3, 0.4) is 0 Å². The van der Waals surface area contributed by atoms with Crippen LogP contribution in [0, 0.1) is 5.92 Å². The molecule has 2 aromatic rings. The Hall–Kier alpha value is -1.88. The molecule has 1 aliphatic carbocycles. The molecule has 4 rings (SSSR count). The number of carbonyl (C=O) groups is 2. The number of anilines is 1. The van der Waals surface area contributed by atoms with E-state index < -0.39 is 0 Å². The lowest BCUT2D eigenvalue weighted by molar-refractivity contribution is -0.131. The van der Waals surface area contributed by atoms with Gasteiger partial charge in [0, 0.05) is 10.4 Å². The minimum absolute atomic E-state index is 0.0293. The van der Waals surface area contributed by atoms with Gasteiger partial charge in [0.1, 0.15) is 12.6 Å². The lowest BCUT2D eigenvalue weighted by Crippen LogP contribution is -2.59. The number of nitrogens with one attached hydrogen (secondary N) is 1. The number of fused-ring (bicyclic) bond motifs is 1. The molecular formula is C15H14N2O2S. The number of rotatable bonds is 2. The van der Waals surface area contributed by atoms with Crippen molar-refractivity contribution < 1.29 is 9.59 Å². The van der Waals surface area contributed by atoms with E-state index in [1.54, 1.807) is 16.2 Å². The fraction of sp³-hybridized carbons (Fsp3) is 0.333. The highest BCUT2D eigenvalue weighted by atomic mass is 32.1. The molecule has 2 amide bonds. The van der Waals surface area contributed by atoms with Crippen LogP contribution in [0.4, 0.5) is 5.69 Å². The van der Waals surface area contributed by atoms with Crippen LogP contribution in [-0.2, 0) is 9.59 Å². The fourth-order valence-electron chi connectivity index (χ4n) is 2.76. The van der Waals surface area contributed by atoms with E-state index in [0.29, 0.717) is 5.92 Å². The molecule has 1 aliphatic heterocycles. The Morgan fingerprint density at radius 2 is 2.05 bits per heavy atom. The second-order valence-electron chi connectivity index (χ2n) is 5.45. The van der Waals surface area contributed by atoms with Crippen molar-refractivity contribution in [3.05, 3.63) is 29.6 Å². The zero-order chi connectivity index (χ0) is 13.7. The summed E-state index contributed by atoms with van der Waals surface area (Å²) < 4.78 is 1.20. The van der Waals surface area contributed by atoms with Crippen molar-refractivity contribution in [2.75, 3.05) is 11.4 Å². The Bertz CT molecular complexity index is 705. The molecule has 0 spiro atoms. The third kappa shape index (κ3) is 1.89. The molecule has 102 valence electrons. The van der Waals surface area contributed by atoms with Crippen LogP contribution in [0.5, 0.6) is 0 Å². The SMILES string of the molecule is O=C1CN(c2ccc3sccc3c2)C(=O)C(C2CC2)N1. The largest absolute Gasteiger partial charge is 0.342 e. The molecule has 2 fully saturated rings. The molecule has 1 atom stereocenters. The van der Waals surface area contributed by atoms with E-state index in [2.05, 4.69) is 5.32 Å². The van der Waals surface area contributed by atoms with Gasteiger partial charge in [0.15, 0.2) is 0 Å². The van der Waals surface area contributed by atoms with Crippen molar-refractivity contribution in [3.8, 4) is 0 Å². The van der Waals surface area contributed by atoms with Gasteiger partial charge in [0.2, 0.25) is 11.8 Å². The highest BCUT2D eigenvalue weighted by Gasteiger charge is 2.43. The molecule has 1 saturated carbocycles. The average molecular weight is 286 g/mol. The maximum Gasteiger partial charge on any atom is 0.250 e. The van der Waals surface area contributed by atoms with Gasteiger partial charge in [0.05, 0.1) is 0 Å². The van der Waals surface area contributed by atoms with Gasteiger partial charge in [-0.2, -0.15) is 0 Å². The van der Waals surface area contributed by atoms with E-state index in [1.165, 1.54) is 4.70 Å². The van der Waals surface area contributed by atoms with Gasteiger partial charge >= 0.3 is 0 Å². The number of hydrogen-bond acceptors (Lipinski definition) is 3. The first kappa shape index (κ1) is 11.9. The molecule has 0 radical (unpaired) electrons. The summed E-state index contributed by atoms with van der Waals surface area (Å²) in [5.41, 5.74) is 0.821. The van der Waals surface area contributed by atoms with Crippen LogP contribution in [0.25, 0.3) is 10.1 Å². The molecule has 1 aromatic carbocycles. The van der Waals surface area contributed by atoms with Crippen LogP contribution in [0.2, 0.25) is 0 Å². The van der Waals surface area contributed by atoms with Crippen molar-refractivity contribution >= 4 is 38.9 Å². The van der Waals surface area contributed by atoms with Crippen LogP contribution in [0.15, 0.2) is 29.6 Å². The first-order valence-electron chi connectivity index (χ1n) is 6.80. The Balaban J connectivity index is 1.71. The summed E-state index contributed by atoms with van der Waals surface area (Å²) in [6, 6.07) is 7.65. The third-order valence-electron chi connectivity index (χ3n) is 3.99. The maximum absolute atomic E-state index is 12.5. The van der Waals surface area contributed by atoms with Crippen molar-refractivity contribution in [3.63, 3.8) is 0 Å². The Morgan fingerprint density at radius 1 is 1.20 bits per heavy atom. The first-order chi connectivity index (χ1) is 9.72. The van der Waals surface area contributed by atoms with Crippen molar-refractivity contribution in [1.29, 1.82) is 0 Å². The van der Waals surface area contributed by atoms with Crippen LogP contribution in [-0.4, -0.2) is 24.4 Å². The van der Waals surface area contributed by atoms with Gasteiger partial charge < -0.3 is 10.2 Å². The predicted molar refractivity (Wildman–Crippen MR) is 78.8 cm³/mol. The molecular weight excluding hydrogens is 272 g/mol. The van der Waals surface area contributed by atoms with E-state index in [1.807, 2.05) is 29.6 Å². The van der Waals surface area contributed by atoms with Crippen LogP contribution < -0.4 is 10.2 Å². The Kier molecular flexibility index (Phi) is 2.57. The summed E-state index contributed by atoms with van der Waals surface area (Å²) in [5, 5.41) is 5.99. The monoisotopic (exact) mass is 286 g/mol. The van der Waals surface area contributed by atoms with E-state index >= 15 is 0 Å². The number of piperazine rings is 1. The van der Waals surface area contributed by atoms with Gasteiger partial charge in [-0.05, 0) is 53.8 Å². The summed E-state index contributed by atoms with van der Waals surface area (Å²) in [7, 11) is 0. The quantitative estimate of drug-likeness (QED) is 0.919. The average Bonchev–Trinajstić information content (AvgIpc) is 3.18. The highest BCUT2D eigenvalue weighted by Crippen LogP contribution is 2.35. The summed E-state index contributed by atoms with van der Waals surface area (Å²) >= 11 is 1.68. The van der Waals surface area contributed by atoms with Gasteiger partial charge in [-0.15, -0.1) is 11.3 Å². The first-order valence-corrected chi connectivity index (χ1v) is 7.68. The molecule has 2 aliphatic rings. The number of nitrogens with zero attached hydrogens (tertiary/aromatic N) is 1. The lowest BCUT2D eigenvalue weighted by atomic mass is 10.1. The molecule has 4 nitrogen and oxygen atoms in total. The molecule has 1 saturated heterocycles. The van der Waals surface area contributed by atoms with Gasteiger partial charge in [-0.25, -0.2) is 0 Å². The third-order valence-corrected chi connectivity index (χ3v) is 4.89. The highest BCUT2D eigenvalue weighted by molar-refractivity contribution is 7.17. The van der Waals surface area contributed by atoms with E-state index in [4.69, 9.17) is 0 Å². The van der Waals surface area contributed by atoms with Gasteiger partial charge in [-0.3, -0.25) is 9.59 Å². The smallest absolute Gasteiger partial charge is 0.250 e.